The van der Waals surface area contributed by atoms with Crippen molar-refractivity contribution in [1.82, 2.24) is 9.47 Å². The normalized spacial score (nSPS) is 19.9. The van der Waals surface area contributed by atoms with Crippen LogP contribution in [-0.2, 0) is 11.2 Å². The summed E-state index contributed by atoms with van der Waals surface area (Å²) in [5, 5.41) is 0.868. The molecule has 2 aromatic heterocycles. The summed E-state index contributed by atoms with van der Waals surface area (Å²) in [4.78, 5) is 15.5. The molecule has 0 radical (unpaired) electrons. The van der Waals surface area contributed by atoms with Crippen molar-refractivity contribution >= 4 is 44.3 Å². The fourth-order valence-electron chi connectivity index (χ4n) is 4.38. The molecule has 2 atom stereocenters. The van der Waals surface area contributed by atoms with Gasteiger partial charge >= 0.3 is 12.3 Å². The molecule has 0 N–H and O–H groups in total. The molecular formula is C23H24BrF3N2O2S. The summed E-state index contributed by atoms with van der Waals surface area (Å²) >= 11 is 4.81. The van der Waals surface area contributed by atoms with Crippen LogP contribution in [0.3, 0.4) is 0 Å². The van der Waals surface area contributed by atoms with E-state index in [0.29, 0.717) is 17.6 Å². The maximum Gasteiger partial charge on any atom is 0.419 e. The molecule has 9 heteroatoms. The molecule has 1 aliphatic heterocycles. The number of carbonyl (C=O) groups excluding carboxylic acids is 1. The minimum Gasteiger partial charge on any atom is -0.443 e. The van der Waals surface area contributed by atoms with Crippen molar-refractivity contribution in [3.63, 3.8) is 0 Å². The number of carbonyl (C=O) groups is 1. The van der Waals surface area contributed by atoms with E-state index in [1.807, 2.05) is 43.3 Å². The Morgan fingerprint density at radius 3 is 2.47 bits per heavy atom. The van der Waals surface area contributed by atoms with Gasteiger partial charge in [-0.2, -0.15) is 13.2 Å². The van der Waals surface area contributed by atoms with Crippen molar-refractivity contribution in [2.24, 2.45) is 0 Å². The van der Waals surface area contributed by atoms with Crippen LogP contribution in [0.5, 0.6) is 0 Å². The largest absolute Gasteiger partial charge is 0.443 e. The first kappa shape index (κ1) is 23.3. The molecule has 172 valence electrons. The van der Waals surface area contributed by atoms with Gasteiger partial charge in [0.05, 0.1) is 27.6 Å². The van der Waals surface area contributed by atoms with E-state index in [1.54, 1.807) is 20.8 Å². The van der Waals surface area contributed by atoms with Crippen LogP contribution in [0.25, 0.3) is 10.9 Å². The molecule has 0 saturated carbocycles. The van der Waals surface area contributed by atoms with Gasteiger partial charge in [0.15, 0.2) is 0 Å². The third-order valence-corrected chi connectivity index (χ3v) is 7.15. The van der Waals surface area contributed by atoms with Crippen LogP contribution < -0.4 is 0 Å². The summed E-state index contributed by atoms with van der Waals surface area (Å²) in [5.41, 5.74) is 1.35. The van der Waals surface area contributed by atoms with Gasteiger partial charge in [-0.3, -0.25) is 4.90 Å². The van der Waals surface area contributed by atoms with E-state index in [4.69, 9.17) is 4.74 Å². The molecule has 0 bridgehead atoms. The molecule has 0 aliphatic carbocycles. The third-order valence-electron chi connectivity index (χ3n) is 5.48. The van der Waals surface area contributed by atoms with Crippen LogP contribution in [0.15, 0.2) is 40.2 Å². The Bertz CT molecular complexity index is 1160. The number of rotatable bonds is 2. The number of hydrogen-bond acceptors (Lipinski definition) is 4. The molecule has 0 unspecified atom stereocenters. The lowest BCUT2D eigenvalue weighted by Gasteiger charge is -2.41. The first-order valence-corrected chi connectivity index (χ1v) is 11.9. The first-order valence-electron chi connectivity index (χ1n) is 10.3. The molecule has 4 nitrogen and oxygen atoms in total. The number of thiophene rings is 1. The molecule has 3 heterocycles. The zero-order valence-electron chi connectivity index (χ0n) is 18.2. The maximum atomic E-state index is 13.6. The molecule has 0 fully saturated rings. The first-order chi connectivity index (χ1) is 14.9. The lowest BCUT2D eigenvalue weighted by Crippen LogP contribution is -2.47. The summed E-state index contributed by atoms with van der Waals surface area (Å²) in [7, 11) is 0. The molecule has 1 aromatic carbocycles. The average molecular weight is 529 g/mol. The van der Waals surface area contributed by atoms with E-state index < -0.39 is 30.5 Å². The van der Waals surface area contributed by atoms with Gasteiger partial charge in [-0.25, -0.2) is 9.36 Å². The molecule has 32 heavy (non-hydrogen) atoms. The lowest BCUT2D eigenvalue weighted by molar-refractivity contribution is -0.155. The second-order valence-electron chi connectivity index (χ2n) is 9.08. The van der Waals surface area contributed by atoms with Gasteiger partial charge < -0.3 is 4.74 Å². The highest BCUT2D eigenvalue weighted by Crippen LogP contribution is 2.46. The van der Waals surface area contributed by atoms with E-state index in [-0.39, 0.29) is 6.04 Å². The van der Waals surface area contributed by atoms with Crippen molar-refractivity contribution in [2.75, 3.05) is 6.54 Å². The monoisotopic (exact) mass is 528 g/mol. The average Bonchev–Trinajstić information content (AvgIpc) is 3.21. The minimum absolute atomic E-state index is 0.368. The zero-order chi connectivity index (χ0) is 23.4. The summed E-state index contributed by atoms with van der Waals surface area (Å²) in [6.07, 6.45) is -4.55. The van der Waals surface area contributed by atoms with Crippen molar-refractivity contribution in [1.29, 1.82) is 0 Å². The number of aromatic nitrogens is 1. The molecule has 3 aromatic rings. The van der Waals surface area contributed by atoms with Crippen LogP contribution >= 0.6 is 27.3 Å². The summed E-state index contributed by atoms with van der Waals surface area (Å²) < 4.78 is 48.9. The standard InChI is InChI=1S/C23H24BrF3N2O2S/c1-13-11-15-14-7-5-6-8-16(14)29(21(30)31-22(2,3)4)19(15)20(17-9-10-18(24)32-17)28(13)12-23(25,26)27/h5-10,13,20H,11-12H2,1-4H3/t13-,20-/m1/s1. The summed E-state index contributed by atoms with van der Waals surface area (Å²) in [5.74, 6) is 0. The van der Waals surface area contributed by atoms with Crippen LogP contribution in [0.4, 0.5) is 18.0 Å². The van der Waals surface area contributed by atoms with E-state index in [2.05, 4.69) is 15.9 Å². The van der Waals surface area contributed by atoms with Crippen molar-refractivity contribution in [3.8, 4) is 0 Å². The third kappa shape index (κ3) is 4.47. The Kier molecular flexibility index (Phi) is 5.96. The number of nitrogens with zero attached hydrogens (tertiary/aromatic N) is 2. The molecule has 1 aliphatic rings. The fraction of sp³-hybridized carbons (Fsp3) is 0.435. The summed E-state index contributed by atoms with van der Waals surface area (Å²) in [6, 6.07) is 9.99. The molecule has 0 saturated heterocycles. The lowest BCUT2D eigenvalue weighted by atomic mass is 9.91. The van der Waals surface area contributed by atoms with Crippen LogP contribution in [-0.4, -0.2) is 39.9 Å². The highest BCUT2D eigenvalue weighted by atomic mass is 79.9. The van der Waals surface area contributed by atoms with Gasteiger partial charge in [0.2, 0.25) is 0 Å². The number of para-hydroxylation sites is 1. The van der Waals surface area contributed by atoms with Gasteiger partial charge in [-0.05, 0) is 73.8 Å². The molecule has 0 amide bonds. The van der Waals surface area contributed by atoms with Crippen LogP contribution in [0, 0.1) is 0 Å². The maximum absolute atomic E-state index is 13.6. The van der Waals surface area contributed by atoms with Crippen molar-refractivity contribution in [2.45, 2.75) is 58.0 Å². The van der Waals surface area contributed by atoms with Crippen LogP contribution in [0.1, 0.15) is 49.9 Å². The highest BCUT2D eigenvalue weighted by Gasteiger charge is 2.44. The number of fused-ring (bicyclic) bond motifs is 3. The Hall–Kier alpha value is -1.84. The quantitative estimate of drug-likeness (QED) is 0.354. The Labute approximate surface area is 197 Å². The van der Waals surface area contributed by atoms with Gasteiger partial charge in [-0.15, -0.1) is 11.3 Å². The van der Waals surface area contributed by atoms with Gasteiger partial charge in [-0.1, -0.05) is 18.2 Å². The van der Waals surface area contributed by atoms with Gasteiger partial charge in [0.1, 0.15) is 5.60 Å². The van der Waals surface area contributed by atoms with E-state index >= 15 is 0 Å². The van der Waals surface area contributed by atoms with E-state index in [0.717, 1.165) is 19.6 Å². The number of benzene rings is 1. The van der Waals surface area contributed by atoms with Crippen molar-refractivity contribution in [3.05, 3.63) is 56.3 Å². The molecule has 4 rings (SSSR count). The second kappa shape index (κ2) is 8.18. The topological polar surface area (TPSA) is 34.5 Å². The summed E-state index contributed by atoms with van der Waals surface area (Å²) in [6.45, 7) is 6.06. The van der Waals surface area contributed by atoms with Gasteiger partial charge in [0.25, 0.3) is 0 Å². The zero-order valence-corrected chi connectivity index (χ0v) is 20.6. The van der Waals surface area contributed by atoms with Gasteiger partial charge in [0, 0.05) is 16.3 Å². The highest BCUT2D eigenvalue weighted by molar-refractivity contribution is 9.11. The Morgan fingerprint density at radius 1 is 1.19 bits per heavy atom. The van der Waals surface area contributed by atoms with Crippen LogP contribution in [0.2, 0.25) is 0 Å². The number of ether oxygens (including phenoxy) is 1. The van der Waals surface area contributed by atoms with E-state index in [1.165, 1.54) is 20.8 Å². The number of hydrogen-bond donors (Lipinski definition) is 0. The Morgan fingerprint density at radius 2 is 1.88 bits per heavy atom. The Balaban J connectivity index is 2.00. The molecule has 0 spiro atoms. The fourth-order valence-corrected chi connectivity index (χ4v) is 5.93. The SMILES string of the molecule is C[C@@H]1Cc2c(n(C(=O)OC(C)(C)C)c3ccccc23)[C@@H](c2ccc(Br)s2)N1CC(F)(F)F. The predicted molar refractivity (Wildman–Crippen MR) is 123 cm³/mol. The smallest absolute Gasteiger partial charge is 0.419 e. The second-order valence-corrected chi connectivity index (χ2v) is 11.6. The van der Waals surface area contributed by atoms with Crippen molar-refractivity contribution < 1.29 is 22.7 Å². The predicted octanol–water partition coefficient (Wildman–Crippen LogP) is 7.15. The number of alkyl halides is 3. The van der Waals surface area contributed by atoms with E-state index in [9.17, 15) is 18.0 Å². The number of halogens is 4. The minimum atomic E-state index is -4.37. The molecular weight excluding hydrogens is 505 g/mol.